The summed E-state index contributed by atoms with van der Waals surface area (Å²) >= 11 is 0. The molecule has 2 aliphatic rings. The fraction of sp³-hybridized carbons (Fsp3) is 0.611. The molecule has 1 saturated carbocycles. The molecule has 1 aliphatic heterocycles. The highest BCUT2D eigenvalue weighted by molar-refractivity contribution is 5.81. The Bertz CT molecular complexity index is 591. The molecule has 25 heavy (non-hydrogen) atoms. The summed E-state index contributed by atoms with van der Waals surface area (Å²) in [6, 6.07) is 6.39. The molecule has 3 rings (SSSR count). The van der Waals surface area contributed by atoms with Crippen molar-refractivity contribution in [2.75, 3.05) is 13.1 Å². The Hall–Kier alpha value is -1.76. The van der Waals surface area contributed by atoms with E-state index in [-0.39, 0.29) is 29.7 Å². The van der Waals surface area contributed by atoms with E-state index in [0.717, 1.165) is 44.3 Å². The quantitative estimate of drug-likeness (QED) is 0.876. The first kappa shape index (κ1) is 18.0. The van der Waals surface area contributed by atoms with Crippen molar-refractivity contribution in [2.45, 2.75) is 51.1 Å². The van der Waals surface area contributed by atoms with Crippen LogP contribution in [-0.2, 0) is 4.79 Å². The van der Waals surface area contributed by atoms with Crippen LogP contribution in [0.2, 0.25) is 0 Å². The van der Waals surface area contributed by atoms with E-state index < -0.39 is 6.36 Å². The molecule has 7 heteroatoms. The number of ether oxygens (including phenoxy) is 1. The van der Waals surface area contributed by atoms with Crippen molar-refractivity contribution in [3.8, 4) is 5.75 Å². The van der Waals surface area contributed by atoms with Gasteiger partial charge in [0.05, 0.1) is 0 Å². The SMILES string of the molecule is CC(c1ccc(OC(F)(F)F)cc1)N1CCC(NC(=O)C2CC2)CC1. The second-order valence-electron chi connectivity index (χ2n) is 6.89. The third kappa shape index (κ3) is 5.11. The number of piperidine rings is 1. The molecule has 1 saturated heterocycles. The molecule has 1 N–H and O–H groups in total. The van der Waals surface area contributed by atoms with Crippen molar-refractivity contribution >= 4 is 5.91 Å². The van der Waals surface area contributed by atoms with Gasteiger partial charge in [-0.2, -0.15) is 0 Å². The smallest absolute Gasteiger partial charge is 0.406 e. The molecule has 1 amide bonds. The second-order valence-corrected chi connectivity index (χ2v) is 6.89. The number of hydrogen-bond donors (Lipinski definition) is 1. The predicted molar refractivity (Wildman–Crippen MR) is 87.0 cm³/mol. The van der Waals surface area contributed by atoms with Gasteiger partial charge in [0.2, 0.25) is 5.91 Å². The van der Waals surface area contributed by atoms with Gasteiger partial charge in [0, 0.05) is 31.1 Å². The largest absolute Gasteiger partial charge is 0.573 e. The van der Waals surface area contributed by atoms with Crippen LogP contribution in [0.5, 0.6) is 5.75 Å². The number of rotatable bonds is 5. The minimum absolute atomic E-state index is 0.111. The van der Waals surface area contributed by atoms with Crippen molar-refractivity contribution in [1.29, 1.82) is 0 Å². The topological polar surface area (TPSA) is 41.6 Å². The molecule has 0 spiro atoms. The number of benzene rings is 1. The summed E-state index contributed by atoms with van der Waals surface area (Å²) in [4.78, 5) is 14.1. The Morgan fingerprint density at radius 2 is 1.76 bits per heavy atom. The summed E-state index contributed by atoms with van der Waals surface area (Å²) in [6.07, 6.45) is -0.846. The number of hydrogen-bond acceptors (Lipinski definition) is 3. The van der Waals surface area contributed by atoms with Crippen molar-refractivity contribution in [2.24, 2.45) is 5.92 Å². The van der Waals surface area contributed by atoms with Crippen molar-refractivity contribution in [3.05, 3.63) is 29.8 Å². The maximum absolute atomic E-state index is 12.2. The number of carbonyl (C=O) groups is 1. The number of amides is 1. The average molecular weight is 356 g/mol. The first-order chi connectivity index (χ1) is 11.8. The number of alkyl halides is 3. The van der Waals surface area contributed by atoms with E-state index >= 15 is 0 Å². The fourth-order valence-corrected chi connectivity index (χ4v) is 3.25. The van der Waals surface area contributed by atoms with Gasteiger partial charge in [-0.15, -0.1) is 13.2 Å². The van der Waals surface area contributed by atoms with Crippen LogP contribution in [0.1, 0.15) is 44.2 Å². The van der Waals surface area contributed by atoms with Gasteiger partial charge < -0.3 is 10.1 Å². The maximum atomic E-state index is 12.2. The lowest BCUT2D eigenvalue weighted by atomic mass is 10.00. The molecule has 0 aromatic heterocycles. The Kier molecular flexibility index (Phi) is 5.22. The Balaban J connectivity index is 1.50. The standard InChI is InChI=1S/C18H23F3N2O2/c1-12(13-4-6-16(7-5-13)25-18(19,20)21)23-10-8-15(9-11-23)22-17(24)14-2-3-14/h4-7,12,14-15H,2-3,8-11H2,1H3,(H,22,24). The van der Waals surface area contributed by atoms with Gasteiger partial charge in [-0.1, -0.05) is 12.1 Å². The molecular formula is C18H23F3N2O2. The molecule has 0 bridgehead atoms. The minimum atomic E-state index is -4.67. The lowest BCUT2D eigenvalue weighted by molar-refractivity contribution is -0.274. The van der Waals surface area contributed by atoms with Crippen molar-refractivity contribution in [1.82, 2.24) is 10.2 Å². The Morgan fingerprint density at radius 1 is 1.16 bits per heavy atom. The number of nitrogens with one attached hydrogen (secondary N) is 1. The van der Waals surface area contributed by atoms with Gasteiger partial charge >= 0.3 is 6.36 Å². The summed E-state index contributed by atoms with van der Waals surface area (Å²) in [6.45, 7) is 3.76. The molecule has 1 heterocycles. The normalized spacial score (nSPS) is 21.0. The molecule has 1 aromatic rings. The van der Waals surface area contributed by atoms with E-state index in [2.05, 4.69) is 15.0 Å². The van der Waals surface area contributed by atoms with Crippen LogP contribution >= 0.6 is 0 Å². The summed E-state index contributed by atoms with van der Waals surface area (Å²) in [5, 5.41) is 3.12. The number of halogens is 3. The zero-order valence-corrected chi connectivity index (χ0v) is 14.2. The van der Waals surface area contributed by atoms with Gasteiger partial charge in [-0.25, -0.2) is 0 Å². The molecule has 138 valence electrons. The van der Waals surface area contributed by atoms with Crippen molar-refractivity contribution in [3.63, 3.8) is 0 Å². The zero-order chi connectivity index (χ0) is 18.0. The maximum Gasteiger partial charge on any atom is 0.573 e. The van der Waals surface area contributed by atoms with E-state index in [1.807, 2.05) is 6.92 Å². The molecule has 1 unspecified atom stereocenters. The van der Waals surface area contributed by atoms with Gasteiger partial charge in [0.25, 0.3) is 0 Å². The van der Waals surface area contributed by atoms with Crippen LogP contribution in [-0.4, -0.2) is 36.3 Å². The monoisotopic (exact) mass is 356 g/mol. The lowest BCUT2D eigenvalue weighted by Crippen LogP contribution is -2.45. The summed E-state index contributed by atoms with van der Waals surface area (Å²) in [5.74, 6) is 0.214. The number of nitrogens with zero attached hydrogens (tertiary/aromatic N) is 1. The van der Waals surface area contributed by atoms with E-state index in [4.69, 9.17) is 0 Å². The van der Waals surface area contributed by atoms with E-state index in [0.29, 0.717) is 0 Å². The van der Waals surface area contributed by atoms with Crippen LogP contribution in [0.25, 0.3) is 0 Å². The number of carbonyl (C=O) groups excluding carboxylic acids is 1. The van der Waals surface area contributed by atoms with Crippen LogP contribution < -0.4 is 10.1 Å². The molecular weight excluding hydrogens is 333 g/mol. The molecule has 1 atom stereocenters. The third-order valence-corrected chi connectivity index (χ3v) is 4.97. The van der Waals surface area contributed by atoms with Gasteiger partial charge in [-0.05, 0) is 50.3 Å². The van der Waals surface area contributed by atoms with E-state index in [1.54, 1.807) is 12.1 Å². The first-order valence-electron chi connectivity index (χ1n) is 8.72. The average Bonchev–Trinajstić information content (AvgIpc) is 3.39. The van der Waals surface area contributed by atoms with Gasteiger partial charge in [0.1, 0.15) is 5.75 Å². The van der Waals surface area contributed by atoms with Gasteiger partial charge in [0.15, 0.2) is 0 Å². The van der Waals surface area contributed by atoms with Crippen LogP contribution in [0.15, 0.2) is 24.3 Å². The Labute approximate surface area is 145 Å². The highest BCUT2D eigenvalue weighted by Gasteiger charge is 2.33. The first-order valence-corrected chi connectivity index (χ1v) is 8.72. The zero-order valence-electron chi connectivity index (χ0n) is 14.2. The van der Waals surface area contributed by atoms with E-state index in [9.17, 15) is 18.0 Å². The summed E-state index contributed by atoms with van der Waals surface area (Å²) < 4.78 is 40.5. The third-order valence-electron chi connectivity index (χ3n) is 4.97. The lowest BCUT2D eigenvalue weighted by Gasteiger charge is -2.36. The van der Waals surface area contributed by atoms with Crippen LogP contribution in [0.3, 0.4) is 0 Å². The predicted octanol–water partition coefficient (Wildman–Crippen LogP) is 3.64. The molecule has 4 nitrogen and oxygen atoms in total. The van der Waals surface area contributed by atoms with Gasteiger partial charge in [-0.3, -0.25) is 9.69 Å². The highest BCUT2D eigenvalue weighted by Crippen LogP contribution is 2.30. The van der Waals surface area contributed by atoms with Crippen LogP contribution in [0.4, 0.5) is 13.2 Å². The van der Waals surface area contributed by atoms with Crippen LogP contribution in [0, 0.1) is 5.92 Å². The van der Waals surface area contributed by atoms with E-state index in [1.165, 1.54) is 12.1 Å². The summed E-state index contributed by atoms with van der Waals surface area (Å²) in [5.41, 5.74) is 0.954. The minimum Gasteiger partial charge on any atom is -0.406 e. The second kappa shape index (κ2) is 7.23. The molecule has 0 radical (unpaired) electrons. The Morgan fingerprint density at radius 3 is 2.28 bits per heavy atom. The molecule has 1 aromatic carbocycles. The fourth-order valence-electron chi connectivity index (χ4n) is 3.25. The van der Waals surface area contributed by atoms with Crippen molar-refractivity contribution < 1.29 is 22.7 Å². The summed E-state index contributed by atoms with van der Waals surface area (Å²) in [7, 11) is 0. The number of likely N-dealkylation sites (tertiary alicyclic amines) is 1. The molecule has 2 fully saturated rings. The molecule has 1 aliphatic carbocycles. The highest BCUT2D eigenvalue weighted by atomic mass is 19.4.